The first-order valence-electron chi connectivity index (χ1n) is 9.21. The predicted octanol–water partition coefficient (Wildman–Crippen LogP) is 3.27. The molecule has 0 bridgehead atoms. The topological polar surface area (TPSA) is 62.2 Å². The van der Waals surface area contributed by atoms with Crippen LogP contribution in [0.1, 0.15) is 36.8 Å². The van der Waals surface area contributed by atoms with Gasteiger partial charge in [0.15, 0.2) is 0 Å². The summed E-state index contributed by atoms with van der Waals surface area (Å²) in [6, 6.07) is 11.6. The highest BCUT2D eigenvalue weighted by atomic mass is 35.5. The van der Waals surface area contributed by atoms with Crippen molar-refractivity contribution in [2.75, 3.05) is 0 Å². The summed E-state index contributed by atoms with van der Waals surface area (Å²) in [6.07, 6.45) is 7.34. The number of hydrogen-bond acceptors (Lipinski definition) is 3. The van der Waals surface area contributed by atoms with Crippen LogP contribution in [0.5, 0.6) is 0 Å². The Morgan fingerprint density at radius 1 is 1.19 bits per heavy atom. The summed E-state index contributed by atoms with van der Waals surface area (Å²) in [7, 11) is 0. The van der Waals surface area contributed by atoms with E-state index in [2.05, 4.69) is 10.3 Å². The Bertz CT molecular complexity index is 768. The Balaban J connectivity index is 1.49. The van der Waals surface area contributed by atoms with E-state index in [1.165, 1.54) is 0 Å². The van der Waals surface area contributed by atoms with Gasteiger partial charge in [0.1, 0.15) is 0 Å². The third-order valence-corrected chi connectivity index (χ3v) is 6.07. The van der Waals surface area contributed by atoms with Gasteiger partial charge in [0.05, 0.1) is 11.5 Å². The molecule has 4 nitrogen and oxygen atoms in total. The van der Waals surface area contributed by atoms with E-state index in [0.29, 0.717) is 10.9 Å². The zero-order valence-corrected chi connectivity index (χ0v) is 15.3. The summed E-state index contributed by atoms with van der Waals surface area (Å²) in [5, 5.41) is 13.7. The molecule has 0 aliphatic heterocycles. The van der Waals surface area contributed by atoms with Crippen LogP contribution in [0.2, 0.25) is 5.02 Å². The maximum absolute atomic E-state index is 13.1. The molecular weight excluding hydrogens is 348 g/mol. The first-order valence-corrected chi connectivity index (χ1v) is 9.58. The number of nitrogens with zero attached hydrogens (tertiary/aromatic N) is 1. The van der Waals surface area contributed by atoms with Gasteiger partial charge in [-0.3, -0.25) is 9.78 Å². The van der Waals surface area contributed by atoms with E-state index in [0.717, 1.165) is 43.2 Å². The third-order valence-electron chi connectivity index (χ3n) is 5.82. The fourth-order valence-corrected chi connectivity index (χ4v) is 4.04. The van der Waals surface area contributed by atoms with E-state index < -0.39 is 5.41 Å². The lowest BCUT2D eigenvalue weighted by Crippen LogP contribution is -2.50. The van der Waals surface area contributed by atoms with Gasteiger partial charge in [-0.2, -0.15) is 0 Å². The molecule has 1 aromatic carbocycles. The van der Waals surface area contributed by atoms with E-state index in [1.807, 2.05) is 36.4 Å². The summed E-state index contributed by atoms with van der Waals surface area (Å²) in [5.41, 5.74) is 1.78. The van der Waals surface area contributed by atoms with Crippen molar-refractivity contribution < 1.29 is 9.90 Å². The highest BCUT2D eigenvalue weighted by Gasteiger charge is 2.52. The summed E-state index contributed by atoms with van der Waals surface area (Å²) in [4.78, 5) is 17.2. The van der Waals surface area contributed by atoms with Crippen molar-refractivity contribution in [3.63, 3.8) is 0 Å². The second-order valence-electron chi connectivity index (χ2n) is 7.61. The van der Waals surface area contributed by atoms with E-state index in [-0.39, 0.29) is 18.1 Å². The fraction of sp³-hybridized carbons (Fsp3) is 0.429. The zero-order chi connectivity index (χ0) is 18.1. The highest BCUT2D eigenvalue weighted by Crippen LogP contribution is 2.49. The number of rotatable bonds is 6. The minimum absolute atomic E-state index is 0.0399. The number of halogens is 1. The van der Waals surface area contributed by atoms with Crippen molar-refractivity contribution >= 4 is 17.5 Å². The Labute approximate surface area is 158 Å². The van der Waals surface area contributed by atoms with E-state index in [9.17, 15) is 9.90 Å². The van der Waals surface area contributed by atoms with Crippen LogP contribution in [0, 0.1) is 5.92 Å². The molecule has 0 unspecified atom stereocenters. The SMILES string of the molecule is O=C(N[C@@H](Cc1ccncc1)C1CC(O)C1)C1(c2ccc(Cl)cc2)CC1. The number of carbonyl (C=O) groups is 1. The molecule has 136 valence electrons. The molecule has 4 rings (SSSR count). The lowest BCUT2D eigenvalue weighted by Gasteiger charge is -2.39. The molecule has 0 radical (unpaired) electrons. The van der Waals surface area contributed by atoms with Crippen molar-refractivity contribution in [3.8, 4) is 0 Å². The van der Waals surface area contributed by atoms with Crippen LogP contribution < -0.4 is 5.32 Å². The fourth-order valence-electron chi connectivity index (χ4n) is 3.91. The summed E-state index contributed by atoms with van der Waals surface area (Å²) in [5.74, 6) is 0.420. The van der Waals surface area contributed by atoms with Crippen LogP contribution in [0.3, 0.4) is 0 Å². The predicted molar refractivity (Wildman–Crippen MR) is 101 cm³/mol. The van der Waals surface area contributed by atoms with Crippen LogP contribution >= 0.6 is 11.6 Å². The van der Waals surface area contributed by atoms with Gasteiger partial charge >= 0.3 is 0 Å². The third kappa shape index (κ3) is 3.49. The number of carbonyl (C=O) groups excluding carboxylic acids is 1. The van der Waals surface area contributed by atoms with Gasteiger partial charge in [-0.1, -0.05) is 23.7 Å². The molecule has 1 atom stereocenters. The lowest BCUT2D eigenvalue weighted by molar-refractivity contribution is -0.125. The molecule has 2 saturated carbocycles. The minimum atomic E-state index is -0.413. The second-order valence-corrected chi connectivity index (χ2v) is 8.05. The van der Waals surface area contributed by atoms with Gasteiger partial charge in [-0.25, -0.2) is 0 Å². The maximum Gasteiger partial charge on any atom is 0.230 e. The van der Waals surface area contributed by atoms with Gasteiger partial charge in [0, 0.05) is 23.5 Å². The lowest BCUT2D eigenvalue weighted by atomic mass is 9.75. The number of benzene rings is 1. The number of aliphatic hydroxyl groups is 1. The Kier molecular flexibility index (Phi) is 4.72. The van der Waals surface area contributed by atoms with Crippen LogP contribution in [0.25, 0.3) is 0 Å². The van der Waals surface area contributed by atoms with E-state index >= 15 is 0 Å². The van der Waals surface area contributed by atoms with Gasteiger partial charge in [-0.05, 0) is 73.4 Å². The van der Waals surface area contributed by atoms with Gasteiger partial charge in [0.25, 0.3) is 0 Å². The maximum atomic E-state index is 13.1. The smallest absolute Gasteiger partial charge is 0.230 e. The minimum Gasteiger partial charge on any atom is -0.393 e. The molecule has 2 aliphatic rings. The first-order chi connectivity index (χ1) is 12.6. The van der Waals surface area contributed by atoms with Gasteiger partial charge < -0.3 is 10.4 Å². The van der Waals surface area contributed by atoms with Crippen molar-refractivity contribution in [1.82, 2.24) is 10.3 Å². The highest BCUT2D eigenvalue weighted by molar-refractivity contribution is 6.30. The summed E-state index contributed by atoms with van der Waals surface area (Å²) in [6.45, 7) is 0. The molecule has 2 aliphatic carbocycles. The molecule has 0 saturated heterocycles. The number of amides is 1. The molecule has 5 heteroatoms. The molecule has 2 fully saturated rings. The Morgan fingerprint density at radius 3 is 2.42 bits per heavy atom. The molecule has 26 heavy (non-hydrogen) atoms. The number of hydrogen-bond donors (Lipinski definition) is 2. The summed E-state index contributed by atoms with van der Waals surface area (Å²) >= 11 is 5.99. The van der Waals surface area contributed by atoms with E-state index in [4.69, 9.17) is 11.6 Å². The van der Waals surface area contributed by atoms with E-state index in [1.54, 1.807) is 12.4 Å². The second kappa shape index (κ2) is 7.01. The zero-order valence-electron chi connectivity index (χ0n) is 14.6. The first kappa shape index (κ1) is 17.5. The molecular formula is C21H23ClN2O2. The molecule has 2 aromatic rings. The number of nitrogens with one attached hydrogen (secondary N) is 1. The molecule has 1 aromatic heterocycles. The van der Waals surface area contributed by atoms with Crippen LogP contribution in [0.4, 0.5) is 0 Å². The summed E-state index contributed by atoms with van der Waals surface area (Å²) < 4.78 is 0. The molecule has 2 N–H and O–H groups in total. The van der Waals surface area contributed by atoms with Crippen LogP contribution in [-0.2, 0) is 16.6 Å². The van der Waals surface area contributed by atoms with Crippen LogP contribution in [0.15, 0.2) is 48.8 Å². The van der Waals surface area contributed by atoms with Crippen molar-refractivity contribution in [2.45, 2.75) is 49.7 Å². The van der Waals surface area contributed by atoms with Crippen molar-refractivity contribution in [1.29, 1.82) is 0 Å². The Morgan fingerprint density at radius 2 is 1.85 bits per heavy atom. The number of aromatic nitrogens is 1. The monoisotopic (exact) mass is 370 g/mol. The largest absolute Gasteiger partial charge is 0.393 e. The standard InChI is InChI=1S/C21H23ClN2O2/c22-17-3-1-16(2-4-17)21(7-8-21)20(26)24-19(15-12-18(25)13-15)11-14-5-9-23-10-6-14/h1-6,9-10,15,18-19,25H,7-8,11-13H2,(H,24,26)/t15?,18?,19-/m0/s1. The van der Waals surface area contributed by atoms with Gasteiger partial charge in [-0.15, -0.1) is 0 Å². The van der Waals surface area contributed by atoms with Crippen molar-refractivity contribution in [3.05, 3.63) is 64.9 Å². The molecule has 1 amide bonds. The quantitative estimate of drug-likeness (QED) is 0.820. The van der Waals surface area contributed by atoms with Crippen LogP contribution in [-0.4, -0.2) is 28.1 Å². The average molecular weight is 371 g/mol. The number of pyridine rings is 1. The van der Waals surface area contributed by atoms with Crippen molar-refractivity contribution in [2.24, 2.45) is 5.92 Å². The number of aliphatic hydroxyl groups excluding tert-OH is 1. The molecule has 0 spiro atoms. The molecule has 1 heterocycles. The van der Waals surface area contributed by atoms with Gasteiger partial charge in [0.2, 0.25) is 5.91 Å². The average Bonchev–Trinajstić information content (AvgIpc) is 3.42. The Hall–Kier alpha value is -1.91. The normalized spacial score (nSPS) is 24.4.